The first-order valence-electron chi connectivity index (χ1n) is 6.38. The second kappa shape index (κ2) is 4.92. The van der Waals surface area contributed by atoms with E-state index in [0.29, 0.717) is 12.2 Å². The predicted molar refractivity (Wildman–Crippen MR) is 75.3 cm³/mol. The maximum absolute atomic E-state index is 12.1. The van der Waals surface area contributed by atoms with E-state index in [1.54, 1.807) is 6.07 Å². The third-order valence-electron chi connectivity index (χ3n) is 3.45. The van der Waals surface area contributed by atoms with Gasteiger partial charge < -0.3 is 9.84 Å². The summed E-state index contributed by atoms with van der Waals surface area (Å²) in [5.74, 6) is 0.212. The fourth-order valence-corrected chi connectivity index (χ4v) is 1.73. The third-order valence-corrected chi connectivity index (χ3v) is 3.45. The van der Waals surface area contributed by atoms with Crippen LogP contribution in [-0.4, -0.2) is 11.1 Å². The lowest BCUT2D eigenvalue weighted by Gasteiger charge is -2.20. The number of phenolic OH excluding ortho intramolecular Hbond substituents is 1. The lowest BCUT2D eigenvalue weighted by Crippen LogP contribution is -2.28. The molecule has 0 aliphatic rings. The van der Waals surface area contributed by atoms with Crippen molar-refractivity contribution in [2.75, 3.05) is 0 Å². The quantitative estimate of drug-likeness (QED) is 0.671. The molecule has 0 spiro atoms. The highest BCUT2D eigenvalue weighted by atomic mass is 16.5. The van der Waals surface area contributed by atoms with Gasteiger partial charge in [-0.1, -0.05) is 31.2 Å². The number of aromatic hydroxyl groups is 1. The van der Waals surface area contributed by atoms with E-state index in [-0.39, 0.29) is 11.7 Å². The smallest absolute Gasteiger partial charge is 0.316 e. The number of ether oxygens (including phenoxy) is 1. The van der Waals surface area contributed by atoms with Gasteiger partial charge in [-0.25, -0.2) is 0 Å². The summed E-state index contributed by atoms with van der Waals surface area (Å²) in [6, 6.07) is 10.6. The van der Waals surface area contributed by atoms with Gasteiger partial charge in [-0.3, -0.25) is 4.79 Å². The van der Waals surface area contributed by atoms with E-state index in [2.05, 4.69) is 0 Å². The number of esters is 1. The molecular weight excluding hydrogens is 240 g/mol. The summed E-state index contributed by atoms with van der Waals surface area (Å²) in [6.45, 7) is 5.64. The highest BCUT2D eigenvalue weighted by molar-refractivity contribution is 5.92. The molecule has 2 aromatic carbocycles. The van der Waals surface area contributed by atoms with Gasteiger partial charge in [0.25, 0.3) is 0 Å². The number of hydrogen-bond acceptors (Lipinski definition) is 3. The van der Waals surface area contributed by atoms with Gasteiger partial charge in [0.15, 0.2) is 0 Å². The normalized spacial score (nSPS) is 11.5. The summed E-state index contributed by atoms with van der Waals surface area (Å²) >= 11 is 0. The first-order chi connectivity index (χ1) is 8.94. The van der Waals surface area contributed by atoms with Gasteiger partial charge in [0.1, 0.15) is 11.5 Å². The second-order valence-electron chi connectivity index (χ2n) is 5.29. The molecule has 0 unspecified atom stereocenters. The first kappa shape index (κ1) is 13.4. The maximum atomic E-state index is 12.1. The standard InChI is InChI=1S/C16H18O3/c1-4-16(2,3)15(18)19-14-10-12(17)9-11-7-5-6-8-13(11)14/h5-10,17H,4H2,1-3H3. The fourth-order valence-electron chi connectivity index (χ4n) is 1.73. The van der Waals surface area contributed by atoms with Gasteiger partial charge >= 0.3 is 5.97 Å². The summed E-state index contributed by atoms with van der Waals surface area (Å²) in [6.07, 6.45) is 0.697. The molecule has 3 heteroatoms. The predicted octanol–water partition coefficient (Wildman–Crippen LogP) is 3.89. The number of fused-ring (bicyclic) bond motifs is 1. The van der Waals surface area contributed by atoms with E-state index in [9.17, 15) is 9.90 Å². The number of benzene rings is 2. The highest BCUT2D eigenvalue weighted by Gasteiger charge is 2.28. The van der Waals surface area contributed by atoms with E-state index in [0.717, 1.165) is 10.8 Å². The molecule has 0 bridgehead atoms. The van der Waals surface area contributed by atoms with Gasteiger partial charge in [-0.05, 0) is 31.7 Å². The Morgan fingerprint density at radius 2 is 1.95 bits per heavy atom. The molecule has 100 valence electrons. The van der Waals surface area contributed by atoms with Crippen molar-refractivity contribution in [2.45, 2.75) is 27.2 Å². The zero-order valence-corrected chi connectivity index (χ0v) is 11.4. The summed E-state index contributed by atoms with van der Waals surface area (Å²) in [5.41, 5.74) is -0.535. The van der Waals surface area contributed by atoms with Crippen molar-refractivity contribution in [3.05, 3.63) is 36.4 Å². The monoisotopic (exact) mass is 258 g/mol. The molecule has 19 heavy (non-hydrogen) atoms. The van der Waals surface area contributed by atoms with Crippen LogP contribution in [0.2, 0.25) is 0 Å². The van der Waals surface area contributed by atoms with Crippen molar-refractivity contribution in [1.29, 1.82) is 0 Å². The Labute approximate surface area is 112 Å². The molecule has 0 fully saturated rings. The average Bonchev–Trinajstić information content (AvgIpc) is 2.38. The van der Waals surface area contributed by atoms with Gasteiger partial charge in [0.2, 0.25) is 0 Å². The Kier molecular flexibility index (Phi) is 3.47. The SMILES string of the molecule is CCC(C)(C)C(=O)Oc1cc(O)cc2ccccc12. The molecule has 0 atom stereocenters. The average molecular weight is 258 g/mol. The van der Waals surface area contributed by atoms with Crippen molar-refractivity contribution < 1.29 is 14.6 Å². The molecule has 0 saturated carbocycles. The van der Waals surface area contributed by atoms with Crippen molar-refractivity contribution >= 4 is 16.7 Å². The van der Waals surface area contributed by atoms with Crippen molar-refractivity contribution in [3.8, 4) is 11.5 Å². The molecule has 1 N–H and O–H groups in total. The summed E-state index contributed by atoms with van der Waals surface area (Å²) in [5, 5.41) is 11.4. The number of carbonyl (C=O) groups is 1. The largest absolute Gasteiger partial charge is 0.508 e. The summed E-state index contributed by atoms with van der Waals surface area (Å²) in [4.78, 5) is 12.1. The second-order valence-corrected chi connectivity index (χ2v) is 5.29. The van der Waals surface area contributed by atoms with E-state index in [1.165, 1.54) is 6.07 Å². The van der Waals surface area contributed by atoms with Crippen LogP contribution in [-0.2, 0) is 4.79 Å². The van der Waals surface area contributed by atoms with E-state index >= 15 is 0 Å². The number of hydrogen-bond donors (Lipinski definition) is 1. The zero-order valence-electron chi connectivity index (χ0n) is 11.4. The van der Waals surface area contributed by atoms with Gasteiger partial charge in [-0.2, -0.15) is 0 Å². The maximum Gasteiger partial charge on any atom is 0.316 e. The lowest BCUT2D eigenvalue weighted by molar-refractivity contribution is -0.144. The van der Waals surface area contributed by atoms with Gasteiger partial charge in [0, 0.05) is 11.5 Å². The van der Waals surface area contributed by atoms with Crippen LogP contribution in [0.5, 0.6) is 11.5 Å². The van der Waals surface area contributed by atoms with Crippen LogP contribution in [0.4, 0.5) is 0 Å². The molecule has 0 amide bonds. The van der Waals surface area contributed by atoms with E-state index in [1.807, 2.05) is 45.0 Å². The first-order valence-corrected chi connectivity index (χ1v) is 6.38. The molecule has 3 nitrogen and oxygen atoms in total. The summed E-state index contributed by atoms with van der Waals surface area (Å²) < 4.78 is 5.47. The number of carbonyl (C=O) groups excluding carboxylic acids is 1. The Morgan fingerprint density at radius 1 is 1.26 bits per heavy atom. The lowest BCUT2D eigenvalue weighted by atomic mass is 9.90. The zero-order chi connectivity index (χ0) is 14.0. The number of rotatable bonds is 3. The minimum atomic E-state index is -0.535. The summed E-state index contributed by atoms with van der Waals surface area (Å²) in [7, 11) is 0. The third kappa shape index (κ3) is 2.70. The van der Waals surface area contributed by atoms with Crippen molar-refractivity contribution in [2.24, 2.45) is 5.41 Å². The Morgan fingerprint density at radius 3 is 2.63 bits per heavy atom. The topological polar surface area (TPSA) is 46.5 Å². The molecule has 0 aromatic heterocycles. The number of phenols is 1. The molecule has 0 heterocycles. The Balaban J connectivity index is 2.43. The molecule has 0 aliphatic carbocycles. The van der Waals surface area contributed by atoms with Crippen LogP contribution in [0.3, 0.4) is 0 Å². The van der Waals surface area contributed by atoms with E-state index < -0.39 is 5.41 Å². The van der Waals surface area contributed by atoms with Gasteiger partial charge in [-0.15, -0.1) is 0 Å². The minimum absolute atomic E-state index is 0.0933. The van der Waals surface area contributed by atoms with E-state index in [4.69, 9.17) is 4.74 Å². The van der Waals surface area contributed by atoms with Crippen LogP contribution >= 0.6 is 0 Å². The minimum Gasteiger partial charge on any atom is -0.508 e. The Bertz CT molecular complexity index is 614. The van der Waals surface area contributed by atoms with Crippen molar-refractivity contribution in [3.63, 3.8) is 0 Å². The molecule has 2 aromatic rings. The van der Waals surface area contributed by atoms with Crippen LogP contribution < -0.4 is 4.74 Å². The molecular formula is C16H18O3. The molecule has 0 saturated heterocycles. The Hall–Kier alpha value is -2.03. The van der Waals surface area contributed by atoms with Crippen LogP contribution in [0, 0.1) is 5.41 Å². The van der Waals surface area contributed by atoms with Crippen LogP contribution in [0.15, 0.2) is 36.4 Å². The van der Waals surface area contributed by atoms with Crippen molar-refractivity contribution in [1.82, 2.24) is 0 Å². The van der Waals surface area contributed by atoms with Crippen LogP contribution in [0.25, 0.3) is 10.8 Å². The van der Waals surface area contributed by atoms with Gasteiger partial charge in [0.05, 0.1) is 5.41 Å². The highest BCUT2D eigenvalue weighted by Crippen LogP contribution is 2.32. The van der Waals surface area contributed by atoms with Crippen LogP contribution in [0.1, 0.15) is 27.2 Å². The molecule has 0 radical (unpaired) electrons. The molecule has 0 aliphatic heterocycles. The molecule has 2 rings (SSSR count). The fraction of sp³-hybridized carbons (Fsp3) is 0.312.